The number of aliphatic hydroxyl groups excluding tert-OH is 1. The molecule has 0 radical (unpaired) electrons. The standard InChI is InChI=1S/C32H34Cl2N4O4/c1-3-35-32(40)36-16-22-6-4-7-24(14-22)25-8-5-9-26(15-25)31-41-27(17-38-19-37-29(33)30(38)34)20(2)28(42-31)23-12-10-21(18-39)11-13-23/h4-15,19-20,27-28,31,39H,3,16-18H2,1-2H3,(H2,35,36,40)/t20-,27+,28+,31+/m1/s1. The first kappa shape index (κ1) is 30.1. The molecule has 8 nitrogen and oxygen atoms in total. The van der Waals surface area contributed by atoms with Crippen molar-refractivity contribution in [3.63, 3.8) is 0 Å². The van der Waals surface area contributed by atoms with Gasteiger partial charge in [-0.25, -0.2) is 9.78 Å². The van der Waals surface area contributed by atoms with Gasteiger partial charge in [-0.2, -0.15) is 0 Å². The number of nitrogens with one attached hydrogen (secondary N) is 2. The van der Waals surface area contributed by atoms with Gasteiger partial charge < -0.3 is 29.8 Å². The summed E-state index contributed by atoms with van der Waals surface area (Å²) >= 11 is 12.5. The van der Waals surface area contributed by atoms with Crippen molar-refractivity contribution >= 4 is 29.2 Å². The van der Waals surface area contributed by atoms with E-state index in [-0.39, 0.29) is 35.9 Å². The second kappa shape index (κ2) is 13.7. The van der Waals surface area contributed by atoms with Gasteiger partial charge in [-0.15, -0.1) is 0 Å². The van der Waals surface area contributed by atoms with Gasteiger partial charge in [0.1, 0.15) is 5.15 Å². The minimum Gasteiger partial charge on any atom is -0.392 e. The molecule has 0 unspecified atom stereocenters. The van der Waals surface area contributed by atoms with Crippen LogP contribution in [0.5, 0.6) is 0 Å². The van der Waals surface area contributed by atoms with Crippen LogP contribution in [0.4, 0.5) is 4.79 Å². The van der Waals surface area contributed by atoms with Crippen LogP contribution in [0.15, 0.2) is 79.1 Å². The number of rotatable bonds is 9. The fourth-order valence-corrected chi connectivity index (χ4v) is 5.44. The molecular weight excluding hydrogens is 575 g/mol. The molecule has 2 heterocycles. The minimum absolute atomic E-state index is 0.0222. The third-order valence-electron chi connectivity index (χ3n) is 7.44. The average Bonchev–Trinajstić information content (AvgIpc) is 3.33. The summed E-state index contributed by atoms with van der Waals surface area (Å²) in [5.74, 6) is -0.0317. The van der Waals surface area contributed by atoms with Crippen molar-refractivity contribution in [1.82, 2.24) is 20.2 Å². The van der Waals surface area contributed by atoms with Crippen molar-refractivity contribution in [3.05, 3.63) is 112 Å². The topological polar surface area (TPSA) is 97.6 Å². The summed E-state index contributed by atoms with van der Waals surface area (Å²) in [7, 11) is 0. The van der Waals surface area contributed by atoms with Crippen LogP contribution in [0.1, 0.15) is 48.5 Å². The van der Waals surface area contributed by atoms with Crippen LogP contribution in [0.3, 0.4) is 0 Å². The third kappa shape index (κ3) is 6.97. The number of ether oxygens (including phenoxy) is 2. The molecule has 1 aliphatic heterocycles. The Morgan fingerprint density at radius 2 is 1.69 bits per heavy atom. The van der Waals surface area contributed by atoms with E-state index in [4.69, 9.17) is 32.7 Å². The van der Waals surface area contributed by atoms with Crippen LogP contribution >= 0.6 is 23.2 Å². The van der Waals surface area contributed by atoms with Gasteiger partial charge in [-0.3, -0.25) is 0 Å². The van der Waals surface area contributed by atoms with Crippen LogP contribution < -0.4 is 10.6 Å². The van der Waals surface area contributed by atoms with Crippen LogP contribution in [0, 0.1) is 5.92 Å². The Morgan fingerprint density at radius 1 is 0.952 bits per heavy atom. The molecule has 1 fully saturated rings. The number of hydrogen-bond acceptors (Lipinski definition) is 5. The van der Waals surface area contributed by atoms with Crippen molar-refractivity contribution in [2.75, 3.05) is 6.54 Å². The van der Waals surface area contributed by atoms with Crippen molar-refractivity contribution in [2.24, 2.45) is 5.92 Å². The fraction of sp³-hybridized carbons (Fsp3) is 0.312. The molecule has 10 heteroatoms. The second-order valence-corrected chi connectivity index (χ2v) is 11.1. The van der Waals surface area contributed by atoms with Crippen LogP contribution in [-0.2, 0) is 29.2 Å². The molecular formula is C32H34Cl2N4O4. The van der Waals surface area contributed by atoms with Crippen molar-refractivity contribution in [2.45, 2.75) is 52.0 Å². The first-order valence-corrected chi connectivity index (χ1v) is 14.7. The number of aliphatic hydroxyl groups is 1. The lowest BCUT2D eigenvalue weighted by molar-refractivity contribution is -0.276. The number of carbonyl (C=O) groups is 1. The highest BCUT2D eigenvalue weighted by molar-refractivity contribution is 6.40. The Hall–Kier alpha value is -3.40. The second-order valence-electron chi connectivity index (χ2n) is 10.3. The predicted octanol–water partition coefficient (Wildman–Crippen LogP) is 6.66. The molecule has 0 saturated carbocycles. The Kier molecular flexibility index (Phi) is 9.82. The first-order valence-electron chi connectivity index (χ1n) is 13.9. The van der Waals surface area contributed by atoms with Gasteiger partial charge in [-0.05, 0) is 46.9 Å². The largest absolute Gasteiger partial charge is 0.392 e. The van der Waals surface area contributed by atoms with Crippen molar-refractivity contribution in [1.29, 1.82) is 0 Å². The van der Waals surface area contributed by atoms with E-state index >= 15 is 0 Å². The molecule has 1 aromatic heterocycles. The molecule has 0 spiro atoms. The number of halogens is 2. The molecule has 3 N–H and O–H groups in total. The molecule has 5 rings (SSSR count). The van der Waals surface area contributed by atoms with E-state index in [1.807, 2.05) is 67.6 Å². The number of nitrogens with zero attached hydrogens (tertiary/aromatic N) is 2. The molecule has 4 atom stereocenters. The van der Waals surface area contributed by atoms with Gasteiger partial charge in [-0.1, -0.05) is 90.8 Å². The molecule has 2 amide bonds. The molecule has 0 aliphatic carbocycles. The number of imidazole rings is 1. The average molecular weight is 610 g/mol. The normalized spacial score (nSPS) is 20.3. The van der Waals surface area contributed by atoms with Gasteiger partial charge >= 0.3 is 6.03 Å². The summed E-state index contributed by atoms with van der Waals surface area (Å²) in [5.41, 5.74) is 5.72. The highest BCUT2D eigenvalue weighted by atomic mass is 35.5. The zero-order chi connectivity index (χ0) is 29.6. The van der Waals surface area contributed by atoms with Gasteiger partial charge in [0, 0.05) is 24.6 Å². The number of carbonyl (C=O) groups excluding carboxylic acids is 1. The molecule has 1 aliphatic rings. The predicted molar refractivity (Wildman–Crippen MR) is 163 cm³/mol. The molecule has 3 aromatic carbocycles. The maximum atomic E-state index is 11.9. The van der Waals surface area contributed by atoms with E-state index in [0.717, 1.165) is 33.4 Å². The van der Waals surface area contributed by atoms with Gasteiger partial charge in [0.05, 0.1) is 31.7 Å². The molecule has 42 heavy (non-hydrogen) atoms. The quantitative estimate of drug-likeness (QED) is 0.197. The number of aromatic nitrogens is 2. The van der Waals surface area contributed by atoms with E-state index in [9.17, 15) is 9.90 Å². The van der Waals surface area contributed by atoms with E-state index < -0.39 is 6.29 Å². The molecule has 1 saturated heterocycles. The van der Waals surface area contributed by atoms with E-state index in [0.29, 0.717) is 24.8 Å². The lowest BCUT2D eigenvalue weighted by Crippen LogP contribution is -2.39. The fourth-order valence-electron chi connectivity index (χ4n) is 5.12. The van der Waals surface area contributed by atoms with Gasteiger partial charge in [0.15, 0.2) is 11.4 Å². The molecule has 220 valence electrons. The molecule has 0 bridgehead atoms. The number of hydrogen-bond donors (Lipinski definition) is 3. The zero-order valence-corrected chi connectivity index (χ0v) is 25.0. The Morgan fingerprint density at radius 3 is 2.38 bits per heavy atom. The maximum absolute atomic E-state index is 11.9. The summed E-state index contributed by atoms with van der Waals surface area (Å²) in [4.78, 5) is 16.0. The number of amides is 2. The van der Waals surface area contributed by atoms with Crippen molar-refractivity contribution in [3.8, 4) is 11.1 Å². The summed E-state index contributed by atoms with van der Waals surface area (Å²) in [6.45, 7) is 5.39. The third-order valence-corrected chi connectivity index (χ3v) is 8.21. The monoisotopic (exact) mass is 608 g/mol. The van der Waals surface area contributed by atoms with Crippen LogP contribution in [-0.4, -0.2) is 33.3 Å². The van der Waals surface area contributed by atoms with E-state index in [1.165, 1.54) is 0 Å². The zero-order valence-electron chi connectivity index (χ0n) is 23.5. The van der Waals surface area contributed by atoms with E-state index in [2.05, 4.69) is 34.7 Å². The Bertz CT molecular complexity index is 1510. The Balaban J connectivity index is 1.42. The minimum atomic E-state index is -0.644. The van der Waals surface area contributed by atoms with Crippen LogP contribution in [0.2, 0.25) is 10.3 Å². The number of benzene rings is 3. The highest BCUT2D eigenvalue weighted by Gasteiger charge is 2.39. The molecule has 4 aromatic rings. The van der Waals surface area contributed by atoms with Crippen molar-refractivity contribution < 1.29 is 19.4 Å². The maximum Gasteiger partial charge on any atom is 0.315 e. The summed E-state index contributed by atoms with van der Waals surface area (Å²) in [6.07, 6.45) is 0.437. The Labute approximate surface area is 255 Å². The SMILES string of the molecule is CCNC(=O)NCc1cccc(-c2cccc([C@H]3O[C@@H](Cn4cnc(Cl)c4Cl)[C@@H](C)[C@@H](c4ccc(CO)cc4)O3)c2)c1. The lowest BCUT2D eigenvalue weighted by Gasteiger charge is -2.41. The smallest absolute Gasteiger partial charge is 0.315 e. The lowest BCUT2D eigenvalue weighted by atomic mass is 9.90. The number of urea groups is 1. The highest BCUT2D eigenvalue weighted by Crippen LogP contribution is 2.43. The summed E-state index contributed by atoms with van der Waals surface area (Å²) in [5, 5.41) is 15.8. The van der Waals surface area contributed by atoms with Gasteiger partial charge in [0.2, 0.25) is 0 Å². The summed E-state index contributed by atoms with van der Waals surface area (Å²) in [6, 6.07) is 23.8. The van der Waals surface area contributed by atoms with E-state index in [1.54, 1.807) is 10.9 Å². The first-order chi connectivity index (χ1) is 20.4. The van der Waals surface area contributed by atoms with Gasteiger partial charge in [0.25, 0.3) is 0 Å². The summed E-state index contributed by atoms with van der Waals surface area (Å²) < 4.78 is 15.0. The van der Waals surface area contributed by atoms with Crippen LogP contribution in [0.25, 0.3) is 11.1 Å².